The molecule has 7 unspecified atom stereocenters. The molecule has 422 valence electrons. The molecule has 0 aliphatic carbocycles. The molecule has 3 aliphatic heterocycles. The Morgan fingerprint density at radius 1 is 0.688 bits per heavy atom. The van der Waals surface area contributed by atoms with Crippen molar-refractivity contribution in [2.75, 3.05) is 57.0 Å². The molecule has 0 bridgehead atoms. The Labute approximate surface area is 432 Å². The van der Waals surface area contributed by atoms with Gasteiger partial charge in [0, 0.05) is 14.2 Å². The molecule has 39 nitrogen and oxygen atoms in total. The Morgan fingerprint density at radius 2 is 1.25 bits per heavy atom. The molecule has 3 aliphatic rings. The van der Waals surface area contributed by atoms with Crippen molar-refractivity contribution in [2.45, 2.75) is 73.6 Å². The number of rotatable bonds is 20. The number of nitrogens with one attached hydrogen (secondary N) is 2. The van der Waals surface area contributed by atoms with Gasteiger partial charge in [-0.25, -0.2) is 28.2 Å². The quantitative estimate of drug-likeness (QED) is 0.0254. The Hall–Kier alpha value is -4.93. The predicted molar refractivity (Wildman–Crippen MR) is 255 cm³/mol. The maximum absolute atomic E-state index is 13.3. The van der Waals surface area contributed by atoms with Crippen LogP contribution in [0, 0.1) is 0 Å². The molecular formula is C33H47N16O23P4S+. The molecule has 0 radical (unpaired) electrons. The van der Waals surface area contributed by atoms with E-state index in [0.717, 1.165) is 31.4 Å². The van der Waals surface area contributed by atoms with Crippen LogP contribution in [-0.4, -0.2) is 177 Å². The molecule has 3 fully saturated rings. The molecule has 0 aromatic carbocycles. The zero-order valence-corrected chi connectivity index (χ0v) is 43.8. The van der Waals surface area contributed by atoms with E-state index in [1.807, 2.05) is 0 Å². The number of phosphoric acid groups is 3. The number of methoxy groups -OCH3 is 2. The van der Waals surface area contributed by atoms with E-state index >= 15 is 0 Å². The molecule has 17 N–H and O–H groups in total. The van der Waals surface area contributed by atoms with Crippen molar-refractivity contribution in [3.63, 3.8) is 0 Å². The van der Waals surface area contributed by atoms with Gasteiger partial charge in [0.15, 0.2) is 41.4 Å². The van der Waals surface area contributed by atoms with Gasteiger partial charge in [0.1, 0.15) is 60.5 Å². The maximum Gasteiger partial charge on any atom is 0.490 e. The van der Waals surface area contributed by atoms with Gasteiger partial charge < -0.3 is 86.0 Å². The van der Waals surface area contributed by atoms with Gasteiger partial charge in [-0.2, -0.15) is 23.6 Å². The summed E-state index contributed by atoms with van der Waals surface area (Å²) in [6.07, 6.45) is -14.8. The standard InChI is InChI=1S/C33H46N16O23P4S/c1-46-9-49(25-15(46)27(54)45-33(37)43-25)29-18(52)19(62-2)11(68-29)5-64-73(55,56)71-75(59,60)72-74(57,58)65-6-12-20(21(63-3)30(69-12)48-7-38-13-22(34)40-31(35)41-23(13)48)70-76(61,77)66-4-10-16(50)17(51)28(67-10)47-8-39-14-24(47)42-32(36)44-26(14)53/h7-12,16-21,28-30,50-52H,4-6H2,1-3H3,(H13-,34,35,36,37,40,41,42,43,44,45,53,54,55,56,57,58,59,60,61,77)/p+1/t10-,11-,12-,16?,17+,18?,19+,20?,21+,28-,29-,30-,76?/m1/s1. The van der Waals surface area contributed by atoms with E-state index in [1.165, 1.54) is 27.1 Å². The number of H-pyrrole nitrogens is 2. The largest absolute Gasteiger partial charge is 0.490 e. The van der Waals surface area contributed by atoms with E-state index in [4.69, 9.17) is 76.5 Å². The second-order valence-corrected chi connectivity index (χ2v) is 24.3. The first-order chi connectivity index (χ1) is 36.1. The molecule has 6 aromatic rings. The van der Waals surface area contributed by atoms with Crippen molar-refractivity contribution in [3.8, 4) is 0 Å². The highest BCUT2D eigenvalue weighted by atomic mass is 32.5. The minimum absolute atomic E-state index is 0.0197. The van der Waals surface area contributed by atoms with Gasteiger partial charge in [0.2, 0.25) is 23.6 Å². The van der Waals surface area contributed by atoms with Crippen LogP contribution < -0.4 is 38.6 Å². The number of aliphatic hydroxyl groups excluding tert-OH is 3. The van der Waals surface area contributed by atoms with E-state index in [1.54, 1.807) is 0 Å². The van der Waals surface area contributed by atoms with Crippen molar-refractivity contribution in [2.24, 2.45) is 7.05 Å². The Kier molecular flexibility index (Phi) is 15.7. The Morgan fingerprint density at radius 3 is 1.90 bits per heavy atom. The monoisotopic (exact) mass is 1190 g/mol. The van der Waals surface area contributed by atoms with Crippen LogP contribution in [0.2, 0.25) is 0 Å². The van der Waals surface area contributed by atoms with E-state index in [0.29, 0.717) is 0 Å². The highest BCUT2D eigenvalue weighted by molar-refractivity contribution is 8.07. The SMILES string of the molecule is CO[C@@H]1C(O)[C@H]([n+]2cn(C)c3c(=O)[nH]c(N)nc32)O[C@@H]1COP(=O)(O)OP(=O)(O)OP(=O)(O)OC[C@H]1O[C@@H](n2cnc3c(N)nc(N)nc32)[C@@H](OC)C1OP(O)(=S)OC[C@H]1O[C@@H](n2cnc3c(=O)[nH]c(N)nc32)[C@@H](O)C1O. The third kappa shape index (κ3) is 11.5. The lowest BCUT2D eigenvalue weighted by Gasteiger charge is -2.28. The molecular weight excluding hydrogens is 1140 g/mol. The summed E-state index contributed by atoms with van der Waals surface area (Å²) in [4.78, 5) is 96.8. The first kappa shape index (κ1) is 56.8. The second kappa shape index (κ2) is 21.3. The number of aliphatic hydroxyl groups is 3. The third-order valence-corrected chi connectivity index (χ3v) is 17.7. The van der Waals surface area contributed by atoms with Crippen LogP contribution in [0.3, 0.4) is 0 Å². The number of aryl methyl sites for hydroxylation is 1. The van der Waals surface area contributed by atoms with Crippen LogP contribution in [0.4, 0.5) is 23.7 Å². The summed E-state index contributed by atoms with van der Waals surface area (Å²) >= 11 is 5.29. The predicted octanol–water partition coefficient (Wildman–Crippen LogP) is -4.36. The number of ether oxygens (including phenoxy) is 5. The van der Waals surface area contributed by atoms with Crippen LogP contribution in [0.5, 0.6) is 0 Å². The topological polar surface area (TPSA) is 560 Å². The van der Waals surface area contributed by atoms with Gasteiger partial charge >= 0.3 is 35.8 Å². The molecule has 16 atom stereocenters. The minimum atomic E-state index is -6.16. The highest BCUT2D eigenvalue weighted by Crippen LogP contribution is 2.68. The summed E-state index contributed by atoms with van der Waals surface area (Å²) in [7, 11) is -14.1. The van der Waals surface area contributed by atoms with Crippen molar-refractivity contribution >= 4 is 99.1 Å². The van der Waals surface area contributed by atoms with E-state index in [-0.39, 0.29) is 57.2 Å². The van der Waals surface area contributed by atoms with E-state index in [9.17, 15) is 58.2 Å². The van der Waals surface area contributed by atoms with Gasteiger partial charge in [-0.1, -0.05) is 4.98 Å². The van der Waals surface area contributed by atoms with Crippen LogP contribution in [0.25, 0.3) is 33.5 Å². The van der Waals surface area contributed by atoms with Crippen LogP contribution in [-0.2, 0) is 83.0 Å². The number of nitrogen functional groups attached to an aromatic ring is 4. The van der Waals surface area contributed by atoms with Gasteiger partial charge in [-0.15, -0.1) is 0 Å². The second-order valence-electron chi connectivity index (χ2n) is 16.9. The number of aromatic amines is 2. The van der Waals surface area contributed by atoms with Crippen molar-refractivity contribution < 1.29 is 104 Å². The number of nitrogens with zero attached hydrogens (tertiary/aromatic N) is 10. The van der Waals surface area contributed by atoms with Gasteiger partial charge in [0.05, 0.1) is 39.5 Å². The third-order valence-electron chi connectivity index (χ3n) is 11.9. The summed E-state index contributed by atoms with van der Waals surface area (Å²) in [5.74, 6) is -1.03. The van der Waals surface area contributed by atoms with Crippen molar-refractivity contribution in [3.05, 3.63) is 39.7 Å². The van der Waals surface area contributed by atoms with Gasteiger partial charge in [-0.05, 0) is 11.8 Å². The van der Waals surface area contributed by atoms with Crippen LogP contribution in [0.1, 0.15) is 18.7 Å². The average Bonchev–Trinajstić information content (AvgIpc) is 4.22. The normalized spacial score (nSPS) is 30.0. The lowest BCUT2D eigenvalue weighted by atomic mass is 10.1. The summed E-state index contributed by atoms with van der Waals surface area (Å²) in [6.45, 7) is -7.61. The molecule has 77 heavy (non-hydrogen) atoms. The van der Waals surface area contributed by atoms with E-state index < -0.39 is 135 Å². The van der Waals surface area contributed by atoms with Crippen LogP contribution >= 0.6 is 30.2 Å². The summed E-state index contributed by atoms with van der Waals surface area (Å²) in [6, 6.07) is 0. The molecule has 0 saturated carbocycles. The molecule has 0 spiro atoms. The number of hydrogen-bond donors (Lipinski definition) is 13. The number of anilines is 4. The summed E-state index contributed by atoms with van der Waals surface area (Å²) in [5, 5.41) is 33.0. The number of phosphoric ester groups is 2. The molecule has 9 heterocycles. The van der Waals surface area contributed by atoms with Crippen molar-refractivity contribution in [1.29, 1.82) is 0 Å². The average molecular weight is 1190 g/mol. The van der Waals surface area contributed by atoms with Gasteiger partial charge in [0.25, 0.3) is 17.1 Å². The fourth-order valence-electron chi connectivity index (χ4n) is 8.65. The fourth-order valence-corrected chi connectivity index (χ4v) is 13.6. The number of nitrogens with two attached hydrogens (primary N) is 4. The van der Waals surface area contributed by atoms with E-state index in [2.05, 4.69) is 48.5 Å². The minimum Gasteiger partial charge on any atom is -0.387 e. The Balaban J connectivity index is 0.874. The molecule has 44 heteroatoms. The molecule has 0 amide bonds. The number of hydrogen-bond acceptors (Lipinski definition) is 30. The molecule has 9 rings (SSSR count). The molecule has 6 aromatic heterocycles. The zero-order chi connectivity index (χ0) is 55.8. The summed E-state index contributed by atoms with van der Waals surface area (Å²) in [5.41, 5.74) is 21.6. The number of aromatic nitrogens is 12. The highest BCUT2D eigenvalue weighted by Gasteiger charge is 2.53. The first-order valence-electron chi connectivity index (χ1n) is 21.8. The summed E-state index contributed by atoms with van der Waals surface area (Å²) < 4.78 is 103. The molecule has 3 saturated heterocycles. The number of fused-ring (bicyclic) bond motifs is 3. The van der Waals surface area contributed by atoms with Crippen LogP contribution in [0.15, 0.2) is 28.6 Å². The van der Waals surface area contributed by atoms with Gasteiger partial charge in [-0.3, -0.25) is 46.8 Å². The smallest absolute Gasteiger partial charge is 0.387 e. The maximum atomic E-state index is 13.3. The lowest BCUT2D eigenvalue weighted by Crippen LogP contribution is -2.46. The lowest BCUT2D eigenvalue weighted by molar-refractivity contribution is -0.745. The zero-order valence-electron chi connectivity index (χ0n) is 39.4. The first-order valence-corrected chi connectivity index (χ1v) is 28.8. The Bertz CT molecular complexity index is 3550. The fraction of sp³-hybridized carbons (Fsp3) is 0.545. The van der Waals surface area contributed by atoms with Crippen molar-refractivity contribution in [1.82, 2.24) is 53.6 Å². The number of imidazole rings is 3.